The molecule has 0 saturated carbocycles. The van der Waals surface area contributed by atoms with E-state index in [-0.39, 0.29) is 10.6 Å². The third kappa shape index (κ3) is 3.66. The third-order valence-electron chi connectivity index (χ3n) is 2.33. The van der Waals surface area contributed by atoms with Gasteiger partial charge in [-0.05, 0) is 46.3 Å². The van der Waals surface area contributed by atoms with Gasteiger partial charge in [-0.2, -0.15) is 0 Å². The molecule has 1 aromatic carbocycles. The Labute approximate surface area is 129 Å². The van der Waals surface area contributed by atoms with Gasteiger partial charge in [0.15, 0.2) is 0 Å². The highest BCUT2D eigenvalue weighted by atomic mass is 79.9. The molecule has 0 spiro atoms. The molecule has 0 aliphatic heterocycles. The van der Waals surface area contributed by atoms with Crippen molar-refractivity contribution in [2.45, 2.75) is 10.6 Å². The predicted octanol–water partition coefficient (Wildman–Crippen LogP) is 4.17. The summed E-state index contributed by atoms with van der Waals surface area (Å²) >= 11 is 10.6. The van der Waals surface area contributed by atoms with Crippen molar-refractivity contribution in [3.8, 4) is 0 Å². The summed E-state index contributed by atoms with van der Waals surface area (Å²) < 4.78 is 13.1. The van der Waals surface area contributed by atoms with Gasteiger partial charge in [-0.15, -0.1) is 11.3 Å². The van der Waals surface area contributed by atoms with Crippen LogP contribution < -0.4 is 0 Å². The molecule has 100 valence electrons. The number of carboxylic acids is 1. The number of carbonyl (C=O) groups is 1. The van der Waals surface area contributed by atoms with E-state index in [0.717, 1.165) is 8.66 Å². The minimum Gasteiger partial charge on any atom is -0.478 e. The lowest BCUT2D eigenvalue weighted by atomic mass is 10.2. The molecule has 0 amide bonds. The summed E-state index contributed by atoms with van der Waals surface area (Å²) in [4.78, 5) is 12.4. The van der Waals surface area contributed by atoms with E-state index in [2.05, 4.69) is 15.9 Å². The van der Waals surface area contributed by atoms with Crippen molar-refractivity contribution < 1.29 is 14.1 Å². The zero-order valence-corrected chi connectivity index (χ0v) is 13.4. The van der Waals surface area contributed by atoms with Crippen LogP contribution in [0.3, 0.4) is 0 Å². The Morgan fingerprint density at radius 1 is 1.37 bits per heavy atom. The van der Waals surface area contributed by atoms with Crippen molar-refractivity contribution in [1.82, 2.24) is 0 Å². The first-order valence-electron chi connectivity index (χ1n) is 5.13. The van der Waals surface area contributed by atoms with Crippen molar-refractivity contribution in [3.05, 3.63) is 49.6 Å². The maximum absolute atomic E-state index is 12.2. The zero-order valence-electron chi connectivity index (χ0n) is 9.43. The van der Waals surface area contributed by atoms with Gasteiger partial charge in [-0.25, -0.2) is 4.79 Å². The molecule has 0 fully saturated rings. The van der Waals surface area contributed by atoms with Crippen molar-refractivity contribution in [1.29, 1.82) is 0 Å². The molecule has 1 N–H and O–H groups in total. The maximum Gasteiger partial charge on any atom is 0.337 e. The van der Waals surface area contributed by atoms with Crippen LogP contribution in [-0.4, -0.2) is 15.3 Å². The van der Waals surface area contributed by atoms with Gasteiger partial charge >= 0.3 is 5.97 Å². The Morgan fingerprint density at radius 2 is 2.11 bits per heavy atom. The van der Waals surface area contributed by atoms with Crippen molar-refractivity contribution in [2.24, 2.45) is 0 Å². The molecule has 1 aromatic heterocycles. The van der Waals surface area contributed by atoms with E-state index in [1.54, 1.807) is 6.07 Å². The number of benzene rings is 1. The average Bonchev–Trinajstić information content (AvgIpc) is 2.74. The molecule has 0 radical (unpaired) electrons. The lowest BCUT2D eigenvalue weighted by Crippen LogP contribution is -2.01. The SMILES string of the molecule is O=C(O)c1cc(S(=O)Cc2ccc(Br)s2)ccc1Cl. The Bertz CT molecular complexity index is 654. The maximum atomic E-state index is 12.2. The molecule has 0 aliphatic carbocycles. The van der Waals surface area contributed by atoms with Gasteiger partial charge in [-0.1, -0.05) is 11.6 Å². The smallest absolute Gasteiger partial charge is 0.337 e. The molecule has 19 heavy (non-hydrogen) atoms. The van der Waals surface area contributed by atoms with Gasteiger partial charge in [0.25, 0.3) is 0 Å². The number of hydrogen-bond acceptors (Lipinski definition) is 3. The molecular weight excluding hydrogens is 372 g/mol. The summed E-state index contributed by atoms with van der Waals surface area (Å²) in [5.41, 5.74) is -0.0279. The van der Waals surface area contributed by atoms with Crippen LogP contribution >= 0.6 is 38.9 Å². The normalized spacial score (nSPS) is 12.3. The molecule has 7 heteroatoms. The molecule has 1 heterocycles. The highest BCUT2D eigenvalue weighted by Gasteiger charge is 2.13. The van der Waals surface area contributed by atoms with E-state index < -0.39 is 16.8 Å². The standard InChI is InChI=1S/C12H8BrClO3S2/c13-11-4-1-7(18-11)6-19(17)8-2-3-10(14)9(5-8)12(15)16/h1-5H,6H2,(H,15,16). The summed E-state index contributed by atoms with van der Waals surface area (Å²) in [7, 11) is -1.29. The monoisotopic (exact) mass is 378 g/mol. The van der Waals surface area contributed by atoms with Crippen LogP contribution in [0.5, 0.6) is 0 Å². The Morgan fingerprint density at radius 3 is 2.68 bits per heavy atom. The third-order valence-corrected chi connectivity index (χ3v) is 5.82. The summed E-state index contributed by atoms with van der Waals surface area (Å²) in [6.45, 7) is 0. The summed E-state index contributed by atoms with van der Waals surface area (Å²) in [6.07, 6.45) is 0. The topological polar surface area (TPSA) is 54.4 Å². The largest absolute Gasteiger partial charge is 0.478 e. The first kappa shape index (κ1) is 14.7. The molecule has 3 nitrogen and oxygen atoms in total. The van der Waals surface area contributed by atoms with Crippen molar-refractivity contribution >= 4 is 55.6 Å². The van der Waals surface area contributed by atoms with Crippen LogP contribution in [0.15, 0.2) is 39.0 Å². The van der Waals surface area contributed by atoms with Crippen molar-refractivity contribution in [2.75, 3.05) is 0 Å². The van der Waals surface area contributed by atoms with Gasteiger partial charge < -0.3 is 5.11 Å². The summed E-state index contributed by atoms with van der Waals surface area (Å²) in [6, 6.07) is 8.20. The van der Waals surface area contributed by atoms with Crippen molar-refractivity contribution in [3.63, 3.8) is 0 Å². The number of carboxylic acid groups (broad SMARTS) is 1. The zero-order chi connectivity index (χ0) is 14.0. The van der Waals surface area contributed by atoms with Crippen LogP contribution in [0.2, 0.25) is 5.02 Å². The minimum atomic E-state index is -1.29. The number of thiophene rings is 1. The molecule has 0 aliphatic rings. The molecule has 2 rings (SSSR count). The van der Waals surface area contributed by atoms with Crippen LogP contribution in [0, 0.1) is 0 Å². The molecule has 2 aromatic rings. The van der Waals surface area contributed by atoms with Gasteiger partial charge in [-0.3, -0.25) is 4.21 Å². The van der Waals surface area contributed by atoms with E-state index in [1.165, 1.54) is 23.5 Å². The first-order chi connectivity index (χ1) is 8.97. The van der Waals surface area contributed by atoms with E-state index >= 15 is 0 Å². The molecular formula is C12H8BrClO3S2. The van der Waals surface area contributed by atoms with Crippen LogP contribution in [0.25, 0.3) is 0 Å². The number of hydrogen-bond donors (Lipinski definition) is 1. The van der Waals surface area contributed by atoms with Gasteiger partial charge in [0.1, 0.15) is 0 Å². The Kier molecular flexibility index (Phi) is 4.78. The minimum absolute atomic E-state index is 0.0279. The second-order valence-corrected chi connectivity index (χ2v) is 8.05. The van der Waals surface area contributed by atoms with Crippen LogP contribution in [0.1, 0.15) is 15.2 Å². The van der Waals surface area contributed by atoms with Gasteiger partial charge in [0, 0.05) is 9.77 Å². The van der Waals surface area contributed by atoms with E-state index in [4.69, 9.17) is 16.7 Å². The molecule has 1 atom stereocenters. The van der Waals surface area contributed by atoms with E-state index in [0.29, 0.717) is 10.6 Å². The fraction of sp³-hybridized carbons (Fsp3) is 0.0833. The molecule has 1 unspecified atom stereocenters. The molecule has 0 saturated heterocycles. The summed E-state index contributed by atoms with van der Waals surface area (Å²) in [5.74, 6) is -0.764. The number of rotatable bonds is 4. The lowest BCUT2D eigenvalue weighted by Gasteiger charge is -2.04. The van der Waals surface area contributed by atoms with Gasteiger partial charge in [0.2, 0.25) is 0 Å². The van der Waals surface area contributed by atoms with Crippen LogP contribution in [0.4, 0.5) is 0 Å². The fourth-order valence-corrected chi connectivity index (χ4v) is 4.48. The lowest BCUT2D eigenvalue weighted by molar-refractivity contribution is 0.0697. The number of halogens is 2. The highest BCUT2D eigenvalue weighted by Crippen LogP contribution is 2.26. The highest BCUT2D eigenvalue weighted by molar-refractivity contribution is 9.11. The second kappa shape index (κ2) is 6.17. The predicted molar refractivity (Wildman–Crippen MR) is 80.5 cm³/mol. The summed E-state index contributed by atoms with van der Waals surface area (Å²) in [5, 5.41) is 9.12. The Hall–Kier alpha value is -0.690. The van der Waals surface area contributed by atoms with Gasteiger partial charge in [0.05, 0.1) is 30.9 Å². The Balaban J connectivity index is 2.24. The quantitative estimate of drug-likeness (QED) is 0.867. The molecule has 0 bridgehead atoms. The first-order valence-corrected chi connectivity index (χ1v) is 8.43. The second-order valence-electron chi connectivity index (χ2n) is 3.64. The van der Waals surface area contributed by atoms with E-state index in [1.807, 2.05) is 12.1 Å². The number of aromatic carboxylic acids is 1. The average molecular weight is 380 g/mol. The van der Waals surface area contributed by atoms with Crippen LogP contribution in [-0.2, 0) is 16.6 Å². The van der Waals surface area contributed by atoms with E-state index in [9.17, 15) is 9.00 Å². The fourth-order valence-electron chi connectivity index (χ4n) is 1.45.